The van der Waals surface area contributed by atoms with Gasteiger partial charge in [0.2, 0.25) is 5.78 Å². The molecule has 1 aromatic heterocycles. The van der Waals surface area contributed by atoms with Gasteiger partial charge in [-0.1, -0.05) is 11.6 Å². The van der Waals surface area contributed by atoms with E-state index in [0.29, 0.717) is 39.2 Å². The summed E-state index contributed by atoms with van der Waals surface area (Å²) in [5.41, 5.74) is 6.56. The first-order valence-corrected chi connectivity index (χ1v) is 8.62. The number of carbonyl (C=O) groups is 3. The average Bonchev–Trinajstić information content (AvgIpc) is 3.04. The van der Waals surface area contributed by atoms with Crippen LogP contribution >= 0.6 is 11.6 Å². The number of aryl methyl sites for hydroxylation is 1. The Labute approximate surface area is 164 Å². The smallest absolute Gasteiger partial charge is 0.313 e. The van der Waals surface area contributed by atoms with Crippen molar-refractivity contribution in [1.82, 2.24) is 0 Å². The summed E-state index contributed by atoms with van der Waals surface area (Å²) in [7, 11) is 0. The highest BCUT2D eigenvalue weighted by Crippen LogP contribution is 2.31. The maximum atomic E-state index is 12.9. The van der Waals surface area contributed by atoms with Crippen LogP contribution in [0, 0.1) is 11.3 Å². The number of carbonyl (C=O) groups excluding carboxylic acids is 3. The third kappa shape index (κ3) is 3.87. The fourth-order valence-corrected chi connectivity index (χ4v) is 2.89. The number of nitriles is 1. The molecule has 0 spiro atoms. The van der Waals surface area contributed by atoms with Crippen LogP contribution in [0.25, 0.3) is 11.0 Å². The molecular weight excluding hydrogens is 382 g/mol. The lowest BCUT2D eigenvalue weighted by Crippen LogP contribution is -2.29. The van der Waals surface area contributed by atoms with Crippen molar-refractivity contribution in [3.05, 3.63) is 64.4 Å². The summed E-state index contributed by atoms with van der Waals surface area (Å²) < 4.78 is 5.77. The van der Waals surface area contributed by atoms with E-state index in [-0.39, 0.29) is 18.0 Å². The topological polar surface area (TPSA) is 126 Å². The van der Waals surface area contributed by atoms with Gasteiger partial charge in [-0.25, -0.2) is 0 Å². The van der Waals surface area contributed by atoms with E-state index in [1.165, 1.54) is 6.07 Å². The molecule has 0 saturated heterocycles. The van der Waals surface area contributed by atoms with Crippen LogP contribution in [0.3, 0.4) is 0 Å². The normalized spacial score (nSPS) is 10.4. The van der Waals surface area contributed by atoms with Gasteiger partial charge < -0.3 is 15.5 Å². The van der Waals surface area contributed by atoms with Crippen molar-refractivity contribution < 1.29 is 18.8 Å². The fraction of sp³-hybridized carbons (Fsp3) is 0.100. The average molecular weight is 396 g/mol. The van der Waals surface area contributed by atoms with Crippen LogP contribution in [0.4, 0.5) is 5.69 Å². The van der Waals surface area contributed by atoms with Crippen LogP contribution in [0.5, 0.6) is 0 Å². The molecule has 2 amide bonds. The SMILES string of the molecule is N#CCCc1c(C(=O)c2ccc(Cl)cc2)oc2cc(NC(=O)C(N)=O)ccc12. The maximum absolute atomic E-state index is 12.9. The lowest BCUT2D eigenvalue weighted by Gasteiger charge is -2.02. The Morgan fingerprint density at radius 1 is 1.14 bits per heavy atom. The molecule has 1 heterocycles. The Bertz CT molecular complexity index is 1130. The minimum Gasteiger partial charge on any atom is -0.452 e. The lowest BCUT2D eigenvalue weighted by atomic mass is 10.0. The molecule has 0 aliphatic heterocycles. The molecule has 0 aliphatic rings. The van der Waals surface area contributed by atoms with Gasteiger partial charge in [0.15, 0.2) is 5.76 Å². The molecule has 0 radical (unpaired) electrons. The Hall–Kier alpha value is -3.63. The third-order valence-corrected chi connectivity index (χ3v) is 4.33. The van der Waals surface area contributed by atoms with E-state index >= 15 is 0 Å². The van der Waals surface area contributed by atoms with E-state index in [0.717, 1.165) is 0 Å². The predicted molar refractivity (Wildman–Crippen MR) is 103 cm³/mol. The molecule has 28 heavy (non-hydrogen) atoms. The van der Waals surface area contributed by atoms with Crippen molar-refractivity contribution in [2.24, 2.45) is 5.73 Å². The monoisotopic (exact) mass is 395 g/mol. The molecule has 0 bridgehead atoms. The van der Waals surface area contributed by atoms with Gasteiger partial charge >= 0.3 is 11.8 Å². The van der Waals surface area contributed by atoms with Crippen LogP contribution in [0.1, 0.15) is 28.1 Å². The standard InChI is InChI=1S/C20H14ClN3O4/c21-12-5-3-11(4-6-12)17(25)18-15(2-1-9-22)14-8-7-13(10-16(14)28-18)24-20(27)19(23)26/h3-8,10H,1-2H2,(H2,23,26)(H,24,27). The molecule has 3 aromatic rings. The van der Waals surface area contributed by atoms with Crippen molar-refractivity contribution >= 4 is 45.9 Å². The molecule has 3 N–H and O–H groups in total. The van der Waals surface area contributed by atoms with Crippen molar-refractivity contribution in [1.29, 1.82) is 5.26 Å². The Morgan fingerprint density at radius 3 is 2.50 bits per heavy atom. The Morgan fingerprint density at radius 2 is 1.86 bits per heavy atom. The molecule has 140 valence electrons. The van der Waals surface area contributed by atoms with Gasteiger partial charge in [-0.2, -0.15) is 5.26 Å². The number of hydrogen-bond donors (Lipinski definition) is 2. The second kappa shape index (κ2) is 7.94. The first kappa shape index (κ1) is 19.1. The quantitative estimate of drug-likeness (QED) is 0.506. The van der Waals surface area contributed by atoms with Crippen molar-refractivity contribution in [2.75, 3.05) is 5.32 Å². The van der Waals surface area contributed by atoms with E-state index in [1.807, 2.05) is 0 Å². The van der Waals surface area contributed by atoms with Crippen LogP contribution in [0.15, 0.2) is 46.9 Å². The molecule has 8 heteroatoms. The first-order chi connectivity index (χ1) is 13.4. The van der Waals surface area contributed by atoms with Crippen molar-refractivity contribution in [2.45, 2.75) is 12.8 Å². The number of rotatable bonds is 5. The minimum atomic E-state index is -1.12. The van der Waals surface area contributed by atoms with E-state index in [2.05, 4.69) is 11.4 Å². The van der Waals surface area contributed by atoms with Crippen LogP contribution < -0.4 is 11.1 Å². The van der Waals surface area contributed by atoms with Gasteiger partial charge in [-0.15, -0.1) is 0 Å². The zero-order valence-electron chi connectivity index (χ0n) is 14.5. The first-order valence-electron chi connectivity index (χ1n) is 8.24. The highest BCUT2D eigenvalue weighted by molar-refractivity contribution is 6.39. The van der Waals surface area contributed by atoms with Gasteiger partial charge in [0.05, 0.1) is 6.07 Å². The van der Waals surface area contributed by atoms with Crippen molar-refractivity contribution in [3.8, 4) is 6.07 Å². The van der Waals surface area contributed by atoms with Gasteiger partial charge in [-0.05, 0) is 42.8 Å². The molecule has 0 fully saturated rings. The summed E-state index contributed by atoms with van der Waals surface area (Å²) in [4.78, 5) is 35.3. The number of hydrogen-bond acceptors (Lipinski definition) is 5. The number of nitrogens with one attached hydrogen (secondary N) is 1. The van der Waals surface area contributed by atoms with E-state index in [9.17, 15) is 14.4 Å². The van der Waals surface area contributed by atoms with E-state index < -0.39 is 11.8 Å². The number of halogens is 1. The number of nitrogens with two attached hydrogens (primary N) is 1. The van der Waals surface area contributed by atoms with Gasteiger partial charge in [0, 0.05) is 39.7 Å². The van der Waals surface area contributed by atoms with E-state index in [1.54, 1.807) is 36.4 Å². The predicted octanol–water partition coefficient (Wildman–Crippen LogP) is 3.20. The van der Waals surface area contributed by atoms with Crippen LogP contribution in [-0.2, 0) is 16.0 Å². The second-order valence-corrected chi connectivity index (χ2v) is 6.37. The molecule has 0 aliphatic carbocycles. The lowest BCUT2D eigenvalue weighted by molar-refractivity contribution is -0.134. The van der Waals surface area contributed by atoms with E-state index in [4.69, 9.17) is 27.0 Å². The summed E-state index contributed by atoms with van der Waals surface area (Å²) in [6.07, 6.45) is 0.529. The number of furan rings is 1. The maximum Gasteiger partial charge on any atom is 0.313 e. The largest absolute Gasteiger partial charge is 0.452 e. The Kier molecular flexibility index (Phi) is 5.43. The number of benzene rings is 2. The summed E-state index contributed by atoms with van der Waals surface area (Å²) in [5, 5.41) is 12.4. The van der Waals surface area contributed by atoms with Gasteiger partial charge in [0.1, 0.15) is 5.58 Å². The van der Waals surface area contributed by atoms with Crippen molar-refractivity contribution in [3.63, 3.8) is 0 Å². The molecule has 0 unspecified atom stereocenters. The molecule has 0 saturated carbocycles. The summed E-state index contributed by atoms with van der Waals surface area (Å²) >= 11 is 5.87. The molecular formula is C20H14ClN3O4. The molecule has 2 aromatic carbocycles. The summed E-state index contributed by atoms with van der Waals surface area (Å²) in [5.74, 6) is -2.31. The zero-order valence-corrected chi connectivity index (χ0v) is 15.2. The number of primary amides is 1. The number of amides is 2. The number of nitrogens with zero attached hydrogens (tertiary/aromatic N) is 1. The third-order valence-electron chi connectivity index (χ3n) is 4.07. The number of anilines is 1. The minimum absolute atomic E-state index is 0.117. The van der Waals surface area contributed by atoms with Crippen LogP contribution in [-0.4, -0.2) is 17.6 Å². The number of ketones is 1. The molecule has 3 rings (SSSR count). The second-order valence-electron chi connectivity index (χ2n) is 5.93. The fourth-order valence-electron chi connectivity index (χ4n) is 2.77. The number of fused-ring (bicyclic) bond motifs is 1. The van der Waals surface area contributed by atoms with Crippen LogP contribution in [0.2, 0.25) is 5.02 Å². The van der Waals surface area contributed by atoms with Gasteiger partial charge in [-0.3, -0.25) is 14.4 Å². The molecule has 7 nitrogen and oxygen atoms in total. The highest BCUT2D eigenvalue weighted by Gasteiger charge is 2.22. The highest BCUT2D eigenvalue weighted by atomic mass is 35.5. The molecule has 0 atom stereocenters. The Balaban J connectivity index is 2.06. The zero-order chi connectivity index (χ0) is 20.3. The summed E-state index contributed by atoms with van der Waals surface area (Å²) in [6, 6.07) is 13.1. The summed E-state index contributed by atoms with van der Waals surface area (Å²) in [6.45, 7) is 0. The van der Waals surface area contributed by atoms with Gasteiger partial charge in [0.25, 0.3) is 0 Å².